The van der Waals surface area contributed by atoms with Gasteiger partial charge in [0.2, 0.25) is 5.78 Å². The maximum atomic E-state index is 13.4. The van der Waals surface area contributed by atoms with Gasteiger partial charge in [-0.25, -0.2) is 8.78 Å². The first-order chi connectivity index (χ1) is 9.09. The SMILES string of the molecule is O=C(COc1ccccc1Br)c1c(F)cccc1F. The zero-order chi connectivity index (χ0) is 13.8. The second kappa shape index (κ2) is 5.93. The number of benzene rings is 2. The van der Waals surface area contributed by atoms with E-state index < -0.39 is 29.6 Å². The molecular formula is C14H9BrF2O2. The minimum absolute atomic E-state index is 0.430. The monoisotopic (exact) mass is 326 g/mol. The van der Waals surface area contributed by atoms with Crippen molar-refractivity contribution in [2.24, 2.45) is 0 Å². The van der Waals surface area contributed by atoms with Gasteiger partial charge in [-0.2, -0.15) is 0 Å². The highest BCUT2D eigenvalue weighted by molar-refractivity contribution is 9.10. The highest BCUT2D eigenvalue weighted by Crippen LogP contribution is 2.24. The van der Waals surface area contributed by atoms with Crippen molar-refractivity contribution >= 4 is 21.7 Å². The number of rotatable bonds is 4. The fourth-order valence-electron chi connectivity index (χ4n) is 1.54. The molecule has 2 aromatic carbocycles. The lowest BCUT2D eigenvalue weighted by atomic mass is 10.1. The number of para-hydroxylation sites is 1. The molecule has 0 saturated heterocycles. The van der Waals surface area contributed by atoms with E-state index in [0.29, 0.717) is 10.2 Å². The van der Waals surface area contributed by atoms with E-state index in [0.717, 1.165) is 12.1 Å². The van der Waals surface area contributed by atoms with Gasteiger partial charge in [0.1, 0.15) is 17.4 Å². The van der Waals surface area contributed by atoms with Gasteiger partial charge in [0.25, 0.3) is 0 Å². The fourth-order valence-corrected chi connectivity index (χ4v) is 1.94. The summed E-state index contributed by atoms with van der Waals surface area (Å²) in [6, 6.07) is 10.2. The molecule has 0 aliphatic rings. The van der Waals surface area contributed by atoms with Crippen molar-refractivity contribution in [1.29, 1.82) is 0 Å². The number of hydrogen-bond acceptors (Lipinski definition) is 2. The van der Waals surface area contributed by atoms with Crippen LogP contribution in [0.25, 0.3) is 0 Å². The topological polar surface area (TPSA) is 26.3 Å². The van der Waals surface area contributed by atoms with Crippen molar-refractivity contribution in [2.75, 3.05) is 6.61 Å². The fraction of sp³-hybridized carbons (Fsp3) is 0.0714. The van der Waals surface area contributed by atoms with Gasteiger partial charge in [0, 0.05) is 0 Å². The van der Waals surface area contributed by atoms with Crippen LogP contribution in [0.2, 0.25) is 0 Å². The van der Waals surface area contributed by atoms with E-state index in [2.05, 4.69) is 15.9 Å². The molecule has 0 atom stereocenters. The quantitative estimate of drug-likeness (QED) is 0.794. The molecular weight excluding hydrogens is 318 g/mol. The second-order valence-electron chi connectivity index (χ2n) is 3.74. The Kier molecular flexibility index (Phi) is 4.27. The first-order valence-electron chi connectivity index (χ1n) is 5.44. The molecule has 19 heavy (non-hydrogen) atoms. The van der Waals surface area contributed by atoms with E-state index in [4.69, 9.17) is 4.74 Å². The molecule has 0 aromatic heterocycles. The normalized spacial score (nSPS) is 10.3. The van der Waals surface area contributed by atoms with Crippen LogP contribution < -0.4 is 4.74 Å². The predicted molar refractivity (Wildman–Crippen MR) is 70.3 cm³/mol. The van der Waals surface area contributed by atoms with Gasteiger partial charge >= 0.3 is 0 Å². The molecule has 0 amide bonds. The molecule has 0 radical (unpaired) electrons. The number of ether oxygens (including phenoxy) is 1. The molecule has 2 nitrogen and oxygen atoms in total. The summed E-state index contributed by atoms with van der Waals surface area (Å²) < 4.78 is 32.7. The predicted octanol–water partition coefficient (Wildman–Crippen LogP) is 3.99. The van der Waals surface area contributed by atoms with Crippen LogP contribution in [0.15, 0.2) is 46.9 Å². The van der Waals surface area contributed by atoms with E-state index in [1.54, 1.807) is 24.3 Å². The molecule has 0 heterocycles. The van der Waals surface area contributed by atoms with Gasteiger partial charge in [0.05, 0.1) is 10.0 Å². The number of ketones is 1. The maximum Gasteiger partial charge on any atom is 0.206 e. The lowest BCUT2D eigenvalue weighted by molar-refractivity contribution is 0.0912. The van der Waals surface area contributed by atoms with Crippen LogP contribution in [0.5, 0.6) is 5.75 Å². The third kappa shape index (κ3) is 3.17. The number of carbonyl (C=O) groups is 1. The molecule has 0 N–H and O–H groups in total. The van der Waals surface area contributed by atoms with Crippen LogP contribution >= 0.6 is 15.9 Å². The summed E-state index contributed by atoms with van der Waals surface area (Å²) in [6.45, 7) is -0.430. The summed E-state index contributed by atoms with van der Waals surface area (Å²) in [5.74, 6) is -2.08. The first kappa shape index (κ1) is 13.7. The molecule has 5 heteroatoms. The zero-order valence-electron chi connectivity index (χ0n) is 9.70. The standard InChI is InChI=1S/C14H9BrF2O2/c15-9-4-1-2-7-13(9)19-8-12(18)14-10(16)5-3-6-11(14)17/h1-7H,8H2. The third-order valence-corrected chi connectivity index (χ3v) is 3.09. The van der Waals surface area contributed by atoms with Crippen LogP contribution in [-0.2, 0) is 0 Å². The minimum atomic E-state index is -0.888. The molecule has 0 bridgehead atoms. The smallest absolute Gasteiger partial charge is 0.206 e. The van der Waals surface area contributed by atoms with Crippen molar-refractivity contribution in [1.82, 2.24) is 0 Å². The van der Waals surface area contributed by atoms with Crippen LogP contribution in [0.4, 0.5) is 8.78 Å². The molecule has 0 saturated carbocycles. The van der Waals surface area contributed by atoms with E-state index in [1.165, 1.54) is 6.07 Å². The highest BCUT2D eigenvalue weighted by Gasteiger charge is 2.17. The van der Waals surface area contributed by atoms with Crippen LogP contribution in [0.1, 0.15) is 10.4 Å². The maximum absolute atomic E-state index is 13.4. The summed E-state index contributed by atoms with van der Waals surface area (Å²) in [4.78, 5) is 11.8. The lowest BCUT2D eigenvalue weighted by Gasteiger charge is -2.08. The molecule has 0 aliphatic heterocycles. The molecule has 0 unspecified atom stereocenters. The van der Waals surface area contributed by atoms with Gasteiger partial charge in [-0.15, -0.1) is 0 Å². The van der Waals surface area contributed by atoms with Crippen molar-refractivity contribution < 1.29 is 18.3 Å². The van der Waals surface area contributed by atoms with Gasteiger partial charge in [-0.1, -0.05) is 18.2 Å². The van der Waals surface area contributed by atoms with Crippen molar-refractivity contribution in [3.63, 3.8) is 0 Å². The number of carbonyl (C=O) groups excluding carboxylic acids is 1. The summed E-state index contributed by atoms with van der Waals surface area (Å²) in [5.41, 5.74) is -0.574. The third-order valence-electron chi connectivity index (χ3n) is 2.44. The molecule has 98 valence electrons. The highest BCUT2D eigenvalue weighted by atomic mass is 79.9. The molecule has 0 aliphatic carbocycles. The van der Waals surface area contributed by atoms with E-state index >= 15 is 0 Å². The second-order valence-corrected chi connectivity index (χ2v) is 4.59. The minimum Gasteiger partial charge on any atom is -0.484 e. The Balaban J connectivity index is 2.13. The largest absolute Gasteiger partial charge is 0.484 e. The van der Waals surface area contributed by atoms with Crippen LogP contribution in [-0.4, -0.2) is 12.4 Å². The van der Waals surface area contributed by atoms with Gasteiger partial charge in [0.15, 0.2) is 6.61 Å². The van der Waals surface area contributed by atoms with Gasteiger partial charge in [-0.05, 0) is 40.2 Å². The average molecular weight is 327 g/mol. The summed E-state index contributed by atoms with van der Waals surface area (Å²) >= 11 is 3.25. The molecule has 2 rings (SSSR count). The Morgan fingerprint density at radius 1 is 1.05 bits per heavy atom. The summed E-state index contributed by atoms with van der Waals surface area (Å²) in [6.07, 6.45) is 0. The number of hydrogen-bond donors (Lipinski definition) is 0. The Bertz CT molecular complexity index is 594. The Morgan fingerprint density at radius 3 is 2.32 bits per heavy atom. The Labute approximate surface area is 117 Å². The lowest BCUT2D eigenvalue weighted by Crippen LogP contribution is -2.15. The van der Waals surface area contributed by atoms with Gasteiger partial charge < -0.3 is 4.74 Å². The van der Waals surface area contributed by atoms with Crippen molar-refractivity contribution in [3.8, 4) is 5.75 Å². The van der Waals surface area contributed by atoms with Crippen molar-refractivity contribution in [3.05, 3.63) is 64.1 Å². The molecule has 0 spiro atoms. The summed E-state index contributed by atoms with van der Waals surface area (Å²) in [5, 5.41) is 0. The number of Topliss-reactive ketones (excluding diaryl/α,β-unsaturated/α-hetero) is 1. The van der Waals surface area contributed by atoms with E-state index in [1.807, 2.05) is 0 Å². The van der Waals surface area contributed by atoms with Crippen molar-refractivity contribution in [2.45, 2.75) is 0 Å². The average Bonchev–Trinajstić information content (AvgIpc) is 2.37. The Morgan fingerprint density at radius 2 is 1.68 bits per heavy atom. The Hall–Kier alpha value is -1.75. The van der Waals surface area contributed by atoms with Crippen LogP contribution in [0, 0.1) is 11.6 Å². The zero-order valence-corrected chi connectivity index (χ0v) is 11.3. The molecule has 0 fully saturated rings. The summed E-state index contributed by atoms with van der Waals surface area (Å²) in [7, 11) is 0. The van der Waals surface area contributed by atoms with Crippen LogP contribution in [0.3, 0.4) is 0 Å². The molecule has 2 aromatic rings. The van der Waals surface area contributed by atoms with E-state index in [9.17, 15) is 13.6 Å². The number of halogens is 3. The van der Waals surface area contributed by atoms with Gasteiger partial charge in [-0.3, -0.25) is 4.79 Å². The van der Waals surface area contributed by atoms with E-state index in [-0.39, 0.29) is 0 Å². The first-order valence-corrected chi connectivity index (χ1v) is 6.23.